The van der Waals surface area contributed by atoms with Crippen LogP contribution in [0.3, 0.4) is 0 Å². The molecule has 10 heteroatoms. The van der Waals surface area contributed by atoms with Crippen molar-refractivity contribution in [2.45, 2.75) is 50.5 Å². The summed E-state index contributed by atoms with van der Waals surface area (Å²) in [6.07, 6.45) is -2.21. The van der Waals surface area contributed by atoms with E-state index in [1.807, 2.05) is 0 Å². The van der Waals surface area contributed by atoms with E-state index in [-0.39, 0.29) is 31.2 Å². The molecule has 0 aliphatic carbocycles. The van der Waals surface area contributed by atoms with Gasteiger partial charge in [-0.1, -0.05) is 17.3 Å². The minimum absolute atomic E-state index is 0.0989. The molecule has 1 amide bonds. The van der Waals surface area contributed by atoms with Gasteiger partial charge in [-0.25, -0.2) is 9.07 Å². The highest BCUT2D eigenvalue weighted by molar-refractivity contribution is 5.76. The number of amides is 1. The minimum atomic E-state index is -1.18. The summed E-state index contributed by atoms with van der Waals surface area (Å²) in [5.74, 6) is -0.679. The van der Waals surface area contributed by atoms with Crippen molar-refractivity contribution in [1.82, 2.24) is 25.6 Å². The number of aliphatic hydroxyl groups excluding tert-OH is 2. The third kappa shape index (κ3) is 5.10. The van der Waals surface area contributed by atoms with Crippen molar-refractivity contribution >= 4 is 5.91 Å². The highest BCUT2D eigenvalue weighted by Gasteiger charge is 2.43. The number of carbonyl (C=O) groups excluding carboxylic acids is 1. The molecule has 9 nitrogen and oxygen atoms in total. The normalized spacial score (nSPS) is 24.4. The maximum absolute atomic E-state index is 12.9. The van der Waals surface area contributed by atoms with Gasteiger partial charge in [0.1, 0.15) is 24.1 Å². The van der Waals surface area contributed by atoms with E-state index in [1.54, 1.807) is 25.4 Å². The molecule has 2 aromatic rings. The second kappa shape index (κ2) is 9.20. The van der Waals surface area contributed by atoms with Gasteiger partial charge in [0, 0.05) is 19.3 Å². The van der Waals surface area contributed by atoms with Crippen LogP contribution in [0.15, 0.2) is 30.5 Å². The molecule has 0 saturated carbocycles. The predicted molar refractivity (Wildman–Crippen MR) is 96.3 cm³/mol. The van der Waals surface area contributed by atoms with Gasteiger partial charge in [0.2, 0.25) is 5.91 Å². The van der Waals surface area contributed by atoms with Gasteiger partial charge in [0.25, 0.3) is 0 Å². The largest absolute Gasteiger partial charge is 0.388 e. The molecular weight excluding hydrogens is 369 g/mol. The Morgan fingerprint density at radius 2 is 1.93 bits per heavy atom. The Morgan fingerprint density at radius 1 is 1.21 bits per heavy atom. The number of nitrogens with zero attached hydrogens (tertiary/aromatic N) is 3. The van der Waals surface area contributed by atoms with E-state index in [9.17, 15) is 19.4 Å². The van der Waals surface area contributed by atoms with Crippen molar-refractivity contribution in [3.05, 3.63) is 47.5 Å². The summed E-state index contributed by atoms with van der Waals surface area (Å²) in [5, 5.41) is 34.0. The van der Waals surface area contributed by atoms with E-state index in [0.29, 0.717) is 6.54 Å². The van der Waals surface area contributed by atoms with Gasteiger partial charge in [-0.3, -0.25) is 4.79 Å². The first-order valence-electron chi connectivity index (χ1n) is 9.02. The van der Waals surface area contributed by atoms with Crippen LogP contribution in [-0.4, -0.2) is 62.6 Å². The SMILES string of the molecule is CNCc1cn(CC2OC(CC(=O)NCc3ccc(F)cc3)C(O)C2O)nn1. The average Bonchev–Trinajstić information content (AvgIpc) is 3.22. The molecule has 3 rings (SSSR count). The van der Waals surface area contributed by atoms with Gasteiger partial charge in [0.05, 0.1) is 24.8 Å². The first kappa shape index (κ1) is 20.3. The molecule has 0 spiro atoms. The first-order valence-corrected chi connectivity index (χ1v) is 9.02. The van der Waals surface area contributed by atoms with E-state index < -0.39 is 24.4 Å². The quantitative estimate of drug-likeness (QED) is 0.469. The van der Waals surface area contributed by atoms with Gasteiger partial charge < -0.3 is 25.6 Å². The molecule has 4 N–H and O–H groups in total. The Labute approximate surface area is 161 Å². The second-order valence-electron chi connectivity index (χ2n) is 6.76. The molecule has 0 bridgehead atoms. The molecule has 1 aromatic heterocycles. The summed E-state index contributed by atoms with van der Waals surface area (Å²) in [6.45, 7) is 1.01. The summed E-state index contributed by atoms with van der Waals surface area (Å²) < 4.78 is 20.1. The molecule has 0 radical (unpaired) electrons. The van der Waals surface area contributed by atoms with Crippen LogP contribution >= 0.6 is 0 Å². The Kier molecular flexibility index (Phi) is 6.68. The number of benzene rings is 1. The molecule has 1 aromatic carbocycles. The number of aromatic nitrogens is 3. The molecule has 1 saturated heterocycles. The van der Waals surface area contributed by atoms with Crippen molar-refractivity contribution in [1.29, 1.82) is 0 Å². The third-order valence-electron chi connectivity index (χ3n) is 4.56. The lowest BCUT2D eigenvalue weighted by molar-refractivity contribution is -0.125. The standard InChI is InChI=1S/C18H24FN5O4/c1-20-8-13-9-24(23-22-13)10-15-18(27)17(26)14(28-15)6-16(25)21-7-11-2-4-12(19)5-3-11/h2-5,9,14-15,17-18,20,26-27H,6-8,10H2,1H3,(H,21,25). The van der Waals surface area contributed by atoms with Gasteiger partial charge in [-0.05, 0) is 24.7 Å². The Balaban J connectivity index is 1.50. The lowest BCUT2D eigenvalue weighted by Crippen LogP contribution is -2.36. The lowest BCUT2D eigenvalue weighted by atomic mass is 10.1. The summed E-state index contributed by atoms with van der Waals surface area (Å²) >= 11 is 0. The number of aliphatic hydroxyl groups is 2. The highest BCUT2D eigenvalue weighted by Crippen LogP contribution is 2.24. The van der Waals surface area contributed by atoms with Crippen molar-refractivity contribution in [3.8, 4) is 0 Å². The minimum Gasteiger partial charge on any atom is -0.388 e. The molecule has 28 heavy (non-hydrogen) atoms. The smallest absolute Gasteiger partial charge is 0.222 e. The summed E-state index contributed by atoms with van der Waals surface area (Å²) in [4.78, 5) is 12.1. The van der Waals surface area contributed by atoms with Crippen LogP contribution in [0.25, 0.3) is 0 Å². The third-order valence-corrected chi connectivity index (χ3v) is 4.56. The number of rotatable bonds is 8. The van der Waals surface area contributed by atoms with Crippen molar-refractivity contribution in [2.24, 2.45) is 0 Å². The zero-order valence-corrected chi connectivity index (χ0v) is 15.5. The highest BCUT2D eigenvalue weighted by atomic mass is 19.1. The van der Waals surface area contributed by atoms with Gasteiger partial charge in [0.15, 0.2) is 0 Å². The fourth-order valence-electron chi connectivity index (χ4n) is 3.08. The topological polar surface area (TPSA) is 122 Å². The molecule has 4 unspecified atom stereocenters. The zero-order chi connectivity index (χ0) is 20.1. The summed E-state index contributed by atoms with van der Waals surface area (Å²) in [7, 11) is 1.80. The van der Waals surface area contributed by atoms with E-state index in [1.165, 1.54) is 16.8 Å². The molecule has 1 aliphatic heterocycles. The van der Waals surface area contributed by atoms with Crippen LogP contribution in [0.1, 0.15) is 17.7 Å². The number of carbonyl (C=O) groups is 1. The summed E-state index contributed by atoms with van der Waals surface area (Å²) in [5.41, 5.74) is 1.50. The van der Waals surface area contributed by atoms with Crippen molar-refractivity contribution in [2.75, 3.05) is 7.05 Å². The maximum Gasteiger partial charge on any atom is 0.222 e. The fourth-order valence-corrected chi connectivity index (χ4v) is 3.08. The van der Waals surface area contributed by atoms with Crippen molar-refractivity contribution < 1.29 is 24.1 Å². The van der Waals surface area contributed by atoms with Gasteiger partial charge in [-0.2, -0.15) is 0 Å². The Bertz CT molecular complexity index is 785. The van der Waals surface area contributed by atoms with Gasteiger partial charge >= 0.3 is 0 Å². The zero-order valence-electron chi connectivity index (χ0n) is 15.5. The predicted octanol–water partition coefficient (Wildman–Crippen LogP) is -0.668. The van der Waals surface area contributed by atoms with Gasteiger partial charge in [-0.15, -0.1) is 5.10 Å². The lowest BCUT2D eigenvalue weighted by Gasteiger charge is -2.14. The second-order valence-corrected chi connectivity index (χ2v) is 6.76. The monoisotopic (exact) mass is 393 g/mol. The molecular formula is C18H24FN5O4. The van der Waals surface area contributed by atoms with E-state index >= 15 is 0 Å². The Hall–Kier alpha value is -2.40. The van der Waals surface area contributed by atoms with Crippen molar-refractivity contribution in [3.63, 3.8) is 0 Å². The van der Waals surface area contributed by atoms with Crippen LogP contribution < -0.4 is 10.6 Å². The number of halogens is 1. The number of hydrogen-bond acceptors (Lipinski definition) is 7. The van der Waals surface area contributed by atoms with E-state index in [0.717, 1.165) is 11.3 Å². The van der Waals surface area contributed by atoms with E-state index in [2.05, 4.69) is 20.9 Å². The fraction of sp³-hybridized carbons (Fsp3) is 0.500. The van der Waals surface area contributed by atoms with Crippen LogP contribution in [0.5, 0.6) is 0 Å². The molecule has 2 heterocycles. The van der Waals surface area contributed by atoms with Crippen LogP contribution in [0.2, 0.25) is 0 Å². The van der Waals surface area contributed by atoms with Crippen LogP contribution in [0.4, 0.5) is 4.39 Å². The summed E-state index contributed by atoms with van der Waals surface area (Å²) in [6, 6.07) is 5.80. The Morgan fingerprint density at radius 3 is 2.64 bits per heavy atom. The molecule has 152 valence electrons. The number of hydrogen-bond donors (Lipinski definition) is 4. The molecule has 1 fully saturated rings. The van der Waals surface area contributed by atoms with E-state index in [4.69, 9.17) is 4.74 Å². The van der Waals surface area contributed by atoms with Crippen LogP contribution in [0, 0.1) is 5.82 Å². The number of nitrogens with one attached hydrogen (secondary N) is 2. The van der Waals surface area contributed by atoms with Crippen LogP contribution in [-0.2, 0) is 29.2 Å². The maximum atomic E-state index is 12.9. The average molecular weight is 393 g/mol. The molecule has 1 aliphatic rings. The molecule has 4 atom stereocenters. The number of ether oxygens (including phenoxy) is 1. The first-order chi connectivity index (χ1) is 13.5.